The summed E-state index contributed by atoms with van der Waals surface area (Å²) in [5.74, 6) is 0.901. The van der Waals surface area contributed by atoms with Crippen molar-refractivity contribution < 1.29 is 4.79 Å². The molecule has 2 heterocycles. The van der Waals surface area contributed by atoms with Gasteiger partial charge in [0.1, 0.15) is 5.82 Å². The molecule has 4 nitrogen and oxygen atoms in total. The number of rotatable bonds is 4. The zero-order valence-corrected chi connectivity index (χ0v) is 12.8. The summed E-state index contributed by atoms with van der Waals surface area (Å²) in [6.45, 7) is 9.12. The number of carbonyl (C=O) groups is 1. The van der Waals surface area contributed by atoms with Gasteiger partial charge in [0.05, 0.1) is 0 Å². The van der Waals surface area contributed by atoms with E-state index in [2.05, 4.69) is 24.1 Å². The number of hydrogen-bond acceptors (Lipinski definition) is 3. The summed E-state index contributed by atoms with van der Waals surface area (Å²) in [6.07, 6.45) is 5.08. The standard InChI is InChI=1S/C16H25N3O/c1-4-16(3)7-10-19(11-8-16)15(20)13-6-9-18-14(12-13)17-5-2/h6,9,12H,4-5,7-8,10-11H2,1-3H3,(H,17,18). The van der Waals surface area contributed by atoms with Gasteiger partial charge in [0, 0.05) is 31.4 Å². The minimum Gasteiger partial charge on any atom is -0.370 e. The Bertz CT molecular complexity index is 465. The minimum atomic E-state index is 0.129. The molecule has 1 aromatic heterocycles. The molecular formula is C16H25N3O. The molecule has 0 saturated carbocycles. The second-order valence-electron chi connectivity index (χ2n) is 5.92. The fourth-order valence-corrected chi connectivity index (χ4v) is 2.63. The number of nitrogens with one attached hydrogen (secondary N) is 1. The van der Waals surface area contributed by atoms with E-state index in [1.807, 2.05) is 17.9 Å². The first-order chi connectivity index (χ1) is 9.58. The van der Waals surface area contributed by atoms with E-state index in [0.717, 1.165) is 43.9 Å². The van der Waals surface area contributed by atoms with Crippen molar-refractivity contribution in [2.24, 2.45) is 5.41 Å². The number of aromatic nitrogens is 1. The Kier molecular flexibility index (Phi) is 4.63. The maximum absolute atomic E-state index is 12.5. The van der Waals surface area contributed by atoms with Crippen molar-refractivity contribution in [3.05, 3.63) is 23.9 Å². The molecule has 0 aromatic carbocycles. The van der Waals surface area contributed by atoms with Gasteiger partial charge in [-0.05, 0) is 37.3 Å². The van der Waals surface area contributed by atoms with Crippen molar-refractivity contribution in [1.29, 1.82) is 0 Å². The average Bonchev–Trinajstić information content (AvgIpc) is 2.48. The van der Waals surface area contributed by atoms with Crippen LogP contribution in [0, 0.1) is 5.41 Å². The topological polar surface area (TPSA) is 45.2 Å². The second kappa shape index (κ2) is 6.25. The lowest BCUT2D eigenvalue weighted by Gasteiger charge is -2.39. The highest BCUT2D eigenvalue weighted by Gasteiger charge is 2.30. The molecule has 4 heteroatoms. The van der Waals surface area contributed by atoms with Gasteiger partial charge in [-0.2, -0.15) is 0 Å². The largest absolute Gasteiger partial charge is 0.370 e. The highest BCUT2D eigenvalue weighted by molar-refractivity contribution is 5.94. The zero-order valence-electron chi connectivity index (χ0n) is 12.8. The highest BCUT2D eigenvalue weighted by atomic mass is 16.2. The quantitative estimate of drug-likeness (QED) is 0.918. The summed E-state index contributed by atoms with van der Waals surface area (Å²) in [7, 11) is 0. The second-order valence-corrected chi connectivity index (χ2v) is 5.92. The maximum Gasteiger partial charge on any atom is 0.254 e. The Labute approximate surface area is 121 Å². The van der Waals surface area contributed by atoms with Crippen LogP contribution in [0.15, 0.2) is 18.3 Å². The fraction of sp³-hybridized carbons (Fsp3) is 0.625. The van der Waals surface area contributed by atoms with E-state index in [1.165, 1.54) is 6.42 Å². The maximum atomic E-state index is 12.5. The van der Waals surface area contributed by atoms with Gasteiger partial charge in [-0.25, -0.2) is 4.98 Å². The lowest BCUT2D eigenvalue weighted by Crippen LogP contribution is -2.41. The number of amides is 1. The Morgan fingerprint density at radius 2 is 2.10 bits per heavy atom. The molecule has 1 amide bonds. The molecule has 0 aliphatic carbocycles. The minimum absolute atomic E-state index is 0.129. The summed E-state index contributed by atoms with van der Waals surface area (Å²) in [5.41, 5.74) is 1.14. The third-order valence-corrected chi connectivity index (χ3v) is 4.48. The Hall–Kier alpha value is -1.58. The summed E-state index contributed by atoms with van der Waals surface area (Å²) in [4.78, 5) is 18.7. The molecule has 0 bridgehead atoms. The van der Waals surface area contributed by atoms with Crippen LogP contribution in [0.4, 0.5) is 5.82 Å². The van der Waals surface area contributed by atoms with E-state index in [-0.39, 0.29) is 5.91 Å². The van der Waals surface area contributed by atoms with Crippen LogP contribution in [0.2, 0.25) is 0 Å². The zero-order chi connectivity index (χ0) is 14.6. The van der Waals surface area contributed by atoms with Crippen molar-refractivity contribution in [3.8, 4) is 0 Å². The summed E-state index contributed by atoms with van der Waals surface area (Å²) in [6, 6.07) is 3.65. The van der Waals surface area contributed by atoms with E-state index in [4.69, 9.17) is 0 Å². The van der Waals surface area contributed by atoms with E-state index in [0.29, 0.717) is 5.41 Å². The molecule has 2 rings (SSSR count). The van der Waals surface area contributed by atoms with Gasteiger partial charge in [0.15, 0.2) is 0 Å². The Balaban J connectivity index is 2.03. The predicted octanol–water partition coefficient (Wildman–Crippen LogP) is 3.17. The number of anilines is 1. The Morgan fingerprint density at radius 3 is 2.70 bits per heavy atom. The molecule has 0 atom stereocenters. The predicted molar refractivity (Wildman–Crippen MR) is 81.9 cm³/mol. The molecular weight excluding hydrogens is 250 g/mol. The molecule has 0 unspecified atom stereocenters. The first-order valence-corrected chi connectivity index (χ1v) is 7.57. The van der Waals surface area contributed by atoms with Gasteiger partial charge in [0.2, 0.25) is 0 Å². The normalized spacial score (nSPS) is 17.9. The van der Waals surface area contributed by atoms with Gasteiger partial charge in [-0.1, -0.05) is 20.3 Å². The molecule has 0 spiro atoms. The van der Waals surface area contributed by atoms with Crippen LogP contribution in [0.25, 0.3) is 0 Å². The van der Waals surface area contributed by atoms with Crippen LogP contribution in [0.1, 0.15) is 50.4 Å². The third-order valence-electron chi connectivity index (χ3n) is 4.48. The molecule has 1 saturated heterocycles. The van der Waals surface area contributed by atoms with E-state index >= 15 is 0 Å². The van der Waals surface area contributed by atoms with Gasteiger partial charge in [0.25, 0.3) is 5.91 Å². The van der Waals surface area contributed by atoms with Crippen molar-refractivity contribution in [2.45, 2.75) is 40.0 Å². The van der Waals surface area contributed by atoms with Gasteiger partial charge in [-0.15, -0.1) is 0 Å². The van der Waals surface area contributed by atoms with E-state index in [1.54, 1.807) is 12.3 Å². The first kappa shape index (κ1) is 14.8. The molecule has 0 radical (unpaired) electrons. The van der Waals surface area contributed by atoms with Crippen molar-refractivity contribution in [1.82, 2.24) is 9.88 Å². The summed E-state index contributed by atoms with van der Waals surface area (Å²) >= 11 is 0. The van der Waals surface area contributed by atoms with Crippen LogP contribution in [0.5, 0.6) is 0 Å². The molecule has 1 aliphatic rings. The SMILES string of the molecule is CCNc1cc(C(=O)N2CCC(C)(CC)CC2)ccn1. The lowest BCUT2D eigenvalue weighted by molar-refractivity contribution is 0.0600. The fourth-order valence-electron chi connectivity index (χ4n) is 2.63. The smallest absolute Gasteiger partial charge is 0.254 e. The van der Waals surface area contributed by atoms with Gasteiger partial charge < -0.3 is 10.2 Å². The number of carbonyl (C=O) groups excluding carboxylic acids is 1. The highest BCUT2D eigenvalue weighted by Crippen LogP contribution is 2.34. The van der Waals surface area contributed by atoms with Crippen molar-refractivity contribution >= 4 is 11.7 Å². The molecule has 1 N–H and O–H groups in total. The summed E-state index contributed by atoms with van der Waals surface area (Å²) < 4.78 is 0. The van der Waals surface area contributed by atoms with Crippen LogP contribution in [0.3, 0.4) is 0 Å². The van der Waals surface area contributed by atoms with Crippen LogP contribution in [-0.2, 0) is 0 Å². The van der Waals surface area contributed by atoms with Crippen molar-refractivity contribution in [3.63, 3.8) is 0 Å². The monoisotopic (exact) mass is 275 g/mol. The molecule has 20 heavy (non-hydrogen) atoms. The first-order valence-electron chi connectivity index (χ1n) is 7.57. The van der Waals surface area contributed by atoms with Gasteiger partial charge >= 0.3 is 0 Å². The van der Waals surface area contributed by atoms with E-state index in [9.17, 15) is 4.79 Å². The van der Waals surface area contributed by atoms with E-state index < -0.39 is 0 Å². The molecule has 1 aliphatic heterocycles. The Morgan fingerprint density at radius 1 is 1.40 bits per heavy atom. The number of nitrogens with zero attached hydrogens (tertiary/aromatic N) is 2. The summed E-state index contributed by atoms with van der Waals surface area (Å²) in [5, 5.41) is 3.15. The third kappa shape index (κ3) is 3.30. The average molecular weight is 275 g/mol. The number of hydrogen-bond donors (Lipinski definition) is 1. The van der Waals surface area contributed by atoms with Crippen LogP contribution < -0.4 is 5.32 Å². The number of piperidine rings is 1. The lowest BCUT2D eigenvalue weighted by atomic mass is 9.78. The van der Waals surface area contributed by atoms with Crippen molar-refractivity contribution in [2.75, 3.05) is 25.0 Å². The molecule has 1 aromatic rings. The van der Waals surface area contributed by atoms with Gasteiger partial charge in [-0.3, -0.25) is 4.79 Å². The van der Waals surface area contributed by atoms with Crippen LogP contribution >= 0.6 is 0 Å². The van der Waals surface area contributed by atoms with Crippen LogP contribution in [-0.4, -0.2) is 35.4 Å². The molecule has 1 fully saturated rings. The number of pyridine rings is 1. The molecule has 110 valence electrons. The number of likely N-dealkylation sites (tertiary alicyclic amines) is 1.